The van der Waals surface area contributed by atoms with Gasteiger partial charge in [0.1, 0.15) is 5.76 Å². The van der Waals surface area contributed by atoms with Gasteiger partial charge in [0.15, 0.2) is 8.32 Å². The highest BCUT2D eigenvalue weighted by Gasteiger charge is 2.51. The first kappa shape index (κ1) is 24.0. The van der Waals surface area contributed by atoms with Crippen LogP contribution in [0.4, 0.5) is 0 Å². The molecule has 0 spiro atoms. The Morgan fingerprint density at radius 1 is 1.21 bits per heavy atom. The molecule has 0 saturated heterocycles. The van der Waals surface area contributed by atoms with E-state index in [1.54, 1.807) is 0 Å². The minimum Gasteiger partial charge on any atom is -0.416 e. The van der Waals surface area contributed by atoms with Crippen molar-refractivity contribution in [3.05, 3.63) is 11.8 Å². The first-order chi connectivity index (χ1) is 13.2. The van der Waals surface area contributed by atoms with Gasteiger partial charge in [-0.05, 0) is 87.4 Å². The number of fused-ring (bicyclic) bond motifs is 1. The zero-order valence-electron chi connectivity index (χ0n) is 19.8. The van der Waals surface area contributed by atoms with Crippen molar-refractivity contribution in [1.29, 1.82) is 0 Å². The monoisotopic (exact) mass is 409 g/mol. The lowest BCUT2D eigenvalue weighted by Crippen LogP contribution is -2.44. The summed E-state index contributed by atoms with van der Waals surface area (Å²) in [6.45, 7) is 16.6. The predicted molar refractivity (Wildman–Crippen MR) is 122 cm³/mol. The van der Waals surface area contributed by atoms with E-state index in [9.17, 15) is 0 Å². The maximum Gasteiger partial charge on any atom is 0.192 e. The van der Waals surface area contributed by atoms with E-state index in [1.165, 1.54) is 56.7 Å². The third kappa shape index (κ3) is 5.04. The van der Waals surface area contributed by atoms with Crippen molar-refractivity contribution < 1.29 is 9.26 Å². The van der Waals surface area contributed by atoms with E-state index in [0.29, 0.717) is 11.3 Å². The van der Waals surface area contributed by atoms with Crippen LogP contribution in [-0.4, -0.2) is 13.9 Å². The summed E-state index contributed by atoms with van der Waals surface area (Å²) in [5.41, 5.74) is 0.383. The summed E-state index contributed by atoms with van der Waals surface area (Å²) in [7, 11) is -1.53. The molecule has 1 fully saturated rings. The van der Waals surface area contributed by atoms with E-state index >= 15 is 0 Å². The van der Waals surface area contributed by atoms with Gasteiger partial charge >= 0.3 is 0 Å². The maximum absolute atomic E-state index is 6.82. The summed E-state index contributed by atoms with van der Waals surface area (Å²) < 4.78 is 6.82. The second-order valence-corrected chi connectivity index (χ2v) is 15.2. The number of rotatable bonds is 11. The summed E-state index contributed by atoms with van der Waals surface area (Å²) in [5.74, 6) is 8.70. The molecule has 2 rings (SSSR count). The quantitative estimate of drug-likeness (QED) is 0.290. The fourth-order valence-electron chi connectivity index (χ4n) is 6.48. The van der Waals surface area contributed by atoms with Gasteiger partial charge < -0.3 is 9.26 Å². The Morgan fingerprint density at radius 3 is 2.43 bits per heavy atom. The van der Waals surface area contributed by atoms with Gasteiger partial charge in [-0.25, -0.2) is 0 Å². The van der Waals surface area contributed by atoms with Crippen molar-refractivity contribution in [2.75, 3.05) is 0 Å². The highest BCUT2D eigenvalue weighted by Crippen LogP contribution is 2.58. The van der Waals surface area contributed by atoms with Gasteiger partial charge in [-0.1, -0.05) is 47.5 Å². The molecule has 0 radical (unpaired) electrons. The van der Waals surface area contributed by atoms with Crippen molar-refractivity contribution >= 4 is 8.32 Å². The number of nitrogens with two attached hydrogens (primary N) is 1. The van der Waals surface area contributed by atoms with E-state index < -0.39 is 8.32 Å². The van der Waals surface area contributed by atoms with Crippen LogP contribution in [0.15, 0.2) is 11.8 Å². The molecule has 0 aromatic rings. The average Bonchev–Trinajstić information content (AvgIpc) is 3.03. The van der Waals surface area contributed by atoms with Gasteiger partial charge in [0, 0.05) is 5.92 Å². The van der Waals surface area contributed by atoms with Crippen LogP contribution in [0.25, 0.3) is 0 Å². The minimum absolute atomic E-state index is 0.0181. The summed E-state index contributed by atoms with van der Waals surface area (Å²) in [6, 6.07) is 3.71. The fourth-order valence-corrected chi connectivity index (χ4v) is 9.69. The molecule has 28 heavy (non-hydrogen) atoms. The van der Waals surface area contributed by atoms with E-state index in [2.05, 4.69) is 54.5 Å². The predicted octanol–water partition coefficient (Wildman–Crippen LogP) is 7.19. The zero-order valence-corrected chi connectivity index (χ0v) is 20.8. The second kappa shape index (κ2) is 9.66. The molecule has 4 atom stereocenters. The number of allylic oxidation sites excluding steroid dienone is 2. The molecule has 0 aliphatic heterocycles. The first-order valence-corrected chi connectivity index (χ1v) is 14.5. The van der Waals surface area contributed by atoms with E-state index in [4.69, 9.17) is 15.2 Å². The zero-order chi connectivity index (χ0) is 21.0. The van der Waals surface area contributed by atoms with Crippen molar-refractivity contribution in [2.24, 2.45) is 29.1 Å². The number of hydrogen-bond acceptors (Lipinski definition) is 3. The minimum atomic E-state index is -1.53. The lowest BCUT2D eigenvalue weighted by atomic mass is 9.63. The van der Waals surface area contributed by atoms with Gasteiger partial charge in [-0.15, -0.1) is 0 Å². The normalized spacial score (nSPS) is 29.4. The molecule has 0 amide bonds. The van der Waals surface area contributed by atoms with E-state index in [0.717, 1.165) is 24.0 Å². The largest absolute Gasteiger partial charge is 0.416 e. The van der Waals surface area contributed by atoms with Crippen LogP contribution in [0.3, 0.4) is 0 Å². The molecular weight excluding hydrogens is 362 g/mol. The molecule has 2 N–H and O–H groups in total. The summed E-state index contributed by atoms with van der Waals surface area (Å²) in [4.78, 5) is 5.25. The SMILES string of the molecule is CC[Si](CC)(CC)OC(C)(C)CCC[C@H](C)C1CCC2C(ON)=CCC[C@@]21C. The Hall–Kier alpha value is -0.323. The van der Waals surface area contributed by atoms with Gasteiger partial charge in [0.2, 0.25) is 0 Å². The Labute approximate surface area is 175 Å². The van der Waals surface area contributed by atoms with Crippen LogP contribution in [-0.2, 0) is 9.26 Å². The van der Waals surface area contributed by atoms with Crippen molar-refractivity contribution in [3.8, 4) is 0 Å². The number of hydrogen-bond donors (Lipinski definition) is 1. The van der Waals surface area contributed by atoms with Crippen molar-refractivity contribution in [1.82, 2.24) is 0 Å². The smallest absolute Gasteiger partial charge is 0.192 e. The summed E-state index contributed by atoms with van der Waals surface area (Å²) >= 11 is 0. The molecule has 2 unspecified atom stereocenters. The first-order valence-electron chi connectivity index (χ1n) is 11.9. The lowest BCUT2D eigenvalue weighted by molar-refractivity contribution is 0.0542. The molecule has 4 heteroatoms. The molecule has 2 aliphatic carbocycles. The maximum atomic E-state index is 6.82. The Morgan fingerprint density at radius 2 is 1.86 bits per heavy atom. The van der Waals surface area contributed by atoms with Crippen LogP contribution >= 0.6 is 0 Å². The molecule has 0 aromatic heterocycles. The lowest BCUT2D eigenvalue weighted by Gasteiger charge is -2.42. The Kier molecular flexibility index (Phi) is 8.26. The molecule has 1 saturated carbocycles. The van der Waals surface area contributed by atoms with Gasteiger partial charge in [0.25, 0.3) is 0 Å². The van der Waals surface area contributed by atoms with Crippen LogP contribution in [0, 0.1) is 23.2 Å². The van der Waals surface area contributed by atoms with Crippen LogP contribution < -0.4 is 5.90 Å². The molecular formula is C24H47NO2Si. The molecule has 0 heterocycles. The molecule has 0 aromatic carbocycles. The van der Waals surface area contributed by atoms with Gasteiger partial charge in [-0.2, -0.15) is 5.90 Å². The van der Waals surface area contributed by atoms with Crippen LogP contribution in [0.1, 0.15) is 93.4 Å². The highest BCUT2D eigenvalue weighted by molar-refractivity contribution is 6.73. The molecule has 164 valence electrons. The Balaban J connectivity index is 1.90. The van der Waals surface area contributed by atoms with Gasteiger partial charge in [-0.3, -0.25) is 0 Å². The highest BCUT2D eigenvalue weighted by atomic mass is 28.4. The molecule has 3 nitrogen and oxygen atoms in total. The van der Waals surface area contributed by atoms with Crippen LogP contribution in [0.2, 0.25) is 18.1 Å². The second-order valence-electron chi connectivity index (χ2n) is 10.5. The standard InChI is InChI=1S/C24H47NO2Si/c1-8-28(9-2,10-3)27-23(5,6)17-11-13-19(4)20-15-16-21-22(26-25)14-12-18-24(20,21)7/h14,19-21H,8-13,15-18,25H2,1-7H3/t19-,20?,21?,24+/m0/s1. The topological polar surface area (TPSA) is 44.5 Å². The third-order valence-electron chi connectivity index (χ3n) is 8.47. The fraction of sp³-hybridized carbons (Fsp3) is 0.917. The van der Waals surface area contributed by atoms with Gasteiger partial charge in [0.05, 0.1) is 5.60 Å². The van der Waals surface area contributed by atoms with Crippen molar-refractivity contribution in [2.45, 2.75) is 117 Å². The Bertz CT molecular complexity index is 520. The molecule has 0 bridgehead atoms. The summed E-state index contributed by atoms with van der Waals surface area (Å²) in [5, 5.41) is 0. The van der Waals surface area contributed by atoms with E-state index in [-0.39, 0.29) is 5.60 Å². The van der Waals surface area contributed by atoms with Crippen LogP contribution in [0.5, 0.6) is 0 Å². The summed E-state index contributed by atoms with van der Waals surface area (Å²) in [6.07, 6.45) is 10.9. The van der Waals surface area contributed by atoms with Crippen molar-refractivity contribution in [3.63, 3.8) is 0 Å². The average molecular weight is 410 g/mol. The third-order valence-corrected chi connectivity index (χ3v) is 13.3. The molecule has 2 aliphatic rings. The van der Waals surface area contributed by atoms with E-state index in [1.807, 2.05) is 0 Å².